The Hall–Kier alpha value is -3.22. The molecule has 0 saturated carbocycles. The highest BCUT2D eigenvalue weighted by Crippen LogP contribution is 2.21. The van der Waals surface area contributed by atoms with E-state index in [1.807, 2.05) is 40.9 Å². The van der Waals surface area contributed by atoms with Crippen molar-refractivity contribution >= 4 is 22.2 Å². The van der Waals surface area contributed by atoms with E-state index >= 15 is 0 Å². The zero-order valence-corrected chi connectivity index (χ0v) is 14.9. The number of piperidine rings is 1. The average molecular weight is 360 g/mol. The number of aromatic amines is 1. The van der Waals surface area contributed by atoms with Gasteiger partial charge in [-0.3, -0.25) is 4.79 Å². The van der Waals surface area contributed by atoms with E-state index in [-0.39, 0.29) is 5.56 Å². The van der Waals surface area contributed by atoms with E-state index < -0.39 is 0 Å². The van der Waals surface area contributed by atoms with Crippen molar-refractivity contribution in [3.8, 4) is 0 Å². The van der Waals surface area contributed by atoms with Crippen LogP contribution in [0.2, 0.25) is 0 Å². The van der Waals surface area contributed by atoms with Crippen LogP contribution in [0.3, 0.4) is 0 Å². The highest BCUT2D eigenvalue weighted by atomic mass is 16.1. The Morgan fingerprint density at radius 2 is 1.85 bits per heavy atom. The second kappa shape index (κ2) is 6.50. The van der Waals surface area contributed by atoms with Crippen molar-refractivity contribution in [3.63, 3.8) is 0 Å². The molecule has 1 N–H and O–H groups in total. The molecular formula is C20H20N6O. The van der Waals surface area contributed by atoms with Crippen molar-refractivity contribution in [1.29, 1.82) is 0 Å². The highest BCUT2D eigenvalue weighted by molar-refractivity contribution is 5.84. The fourth-order valence-electron chi connectivity index (χ4n) is 3.84. The van der Waals surface area contributed by atoms with Crippen LogP contribution < -0.4 is 10.5 Å². The first-order chi connectivity index (χ1) is 13.3. The second-order valence-corrected chi connectivity index (χ2v) is 6.99. The summed E-state index contributed by atoms with van der Waals surface area (Å²) in [7, 11) is 0. The molecule has 1 fully saturated rings. The van der Waals surface area contributed by atoms with Crippen LogP contribution >= 0.6 is 0 Å². The summed E-state index contributed by atoms with van der Waals surface area (Å²) in [4.78, 5) is 17.1. The number of rotatable bonds is 3. The summed E-state index contributed by atoms with van der Waals surface area (Å²) < 4.78 is 1.83. The first kappa shape index (κ1) is 16.0. The van der Waals surface area contributed by atoms with Crippen LogP contribution in [0.4, 0.5) is 5.82 Å². The van der Waals surface area contributed by atoms with Crippen molar-refractivity contribution in [2.75, 3.05) is 18.0 Å². The van der Waals surface area contributed by atoms with E-state index in [4.69, 9.17) is 5.10 Å². The van der Waals surface area contributed by atoms with Gasteiger partial charge in [0.2, 0.25) is 0 Å². The van der Waals surface area contributed by atoms with E-state index in [0.717, 1.165) is 41.3 Å². The van der Waals surface area contributed by atoms with Crippen LogP contribution in [-0.2, 0) is 6.42 Å². The maximum Gasteiger partial charge on any atom is 0.255 e. The summed E-state index contributed by atoms with van der Waals surface area (Å²) in [6.45, 7) is 2.09. The minimum absolute atomic E-state index is 0.0778. The summed E-state index contributed by atoms with van der Waals surface area (Å²) in [6.07, 6.45) is 5.96. The Labute approximate surface area is 155 Å². The first-order valence-electron chi connectivity index (χ1n) is 9.35. The van der Waals surface area contributed by atoms with E-state index in [1.54, 1.807) is 6.20 Å². The SMILES string of the molecule is O=c1[nH]ccc2c(Cc3nnc4ccc(N5CCCCC5)nn34)cccc12. The Bertz CT molecular complexity index is 1170. The standard InChI is InChI=1S/C20H20N6O/c27-20-16-6-4-5-14(15(16)9-10-21-20)13-19-23-22-17-7-8-18(24-26(17)19)25-11-2-1-3-12-25/h4-10H,1-3,11-13H2,(H,21,27). The molecule has 1 aromatic carbocycles. The van der Waals surface area contributed by atoms with Gasteiger partial charge in [-0.2, -0.15) is 4.52 Å². The molecule has 4 heterocycles. The molecule has 1 saturated heterocycles. The topological polar surface area (TPSA) is 79.2 Å². The number of pyridine rings is 1. The number of hydrogen-bond acceptors (Lipinski definition) is 5. The Kier molecular flexibility index (Phi) is 3.85. The van der Waals surface area contributed by atoms with Crippen LogP contribution in [0, 0.1) is 0 Å². The molecule has 0 radical (unpaired) electrons. The molecule has 3 aromatic heterocycles. The zero-order chi connectivity index (χ0) is 18.2. The van der Waals surface area contributed by atoms with Crippen molar-refractivity contribution in [2.24, 2.45) is 0 Å². The number of anilines is 1. The smallest absolute Gasteiger partial charge is 0.255 e. The van der Waals surface area contributed by atoms with Gasteiger partial charge in [0.1, 0.15) is 5.82 Å². The van der Waals surface area contributed by atoms with E-state index in [9.17, 15) is 4.79 Å². The molecule has 0 amide bonds. The van der Waals surface area contributed by atoms with E-state index in [0.29, 0.717) is 11.8 Å². The van der Waals surface area contributed by atoms with Gasteiger partial charge in [0.25, 0.3) is 5.56 Å². The van der Waals surface area contributed by atoms with Crippen LogP contribution in [-0.4, -0.2) is 37.9 Å². The van der Waals surface area contributed by atoms with Crippen LogP contribution in [0.25, 0.3) is 16.4 Å². The third kappa shape index (κ3) is 2.85. The molecule has 0 spiro atoms. The van der Waals surface area contributed by atoms with Gasteiger partial charge in [-0.15, -0.1) is 15.3 Å². The lowest BCUT2D eigenvalue weighted by Crippen LogP contribution is -2.30. The lowest BCUT2D eigenvalue weighted by molar-refractivity contribution is 0.569. The summed E-state index contributed by atoms with van der Waals surface area (Å²) in [5, 5.41) is 15.0. The molecule has 1 aliphatic heterocycles. The molecule has 0 unspecified atom stereocenters. The van der Waals surface area contributed by atoms with Gasteiger partial charge in [-0.1, -0.05) is 12.1 Å². The van der Waals surface area contributed by atoms with Gasteiger partial charge in [-0.05, 0) is 54.5 Å². The molecule has 0 aliphatic carbocycles. The van der Waals surface area contributed by atoms with Crippen LogP contribution in [0.1, 0.15) is 30.7 Å². The van der Waals surface area contributed by atoms with Crippen LogP contribution in [0.5, 0.6) is 0 Å². The molecular weight excluding hydrogens is 340 g/mol. The van der Waals surface area contributed by atoms with Gasteiger partial charge in [-0.25, -0.2) is 0 Å². The number of benzene rings is 1. The van der Waals surface area contributed by atoms with Gasteiger partial charge >= 0.3 is 0 Å². The predicted molar refractivity (Wildman–Crippen MR) is 104 cm³/mol. The molecule has 0 bridgehead atoms. The number of aromatic nitrogens is 5. The van der Waals surface area contributed by atoms with Gasteiger partial charge in [0.05, 0.1) is 0 Å². The quantitative estimate of drug-likeness (QED) is 0.607. The van der Waals surface area contributed by atoms with Gasteiger partial charge in [0, 0.05) is 31.1 Å². The van der Waals surface area contributed by atoms with Crippen LogP contribution in [0.15, 0.2) is 47.4 Å². The maximum atomic E-state index is 12.1. The van der Waals surface area contributed by atoms with E-state index in [2.05, 4.69) is 20.1 Å². The minimum atomic E-state index is -0.0778. The fraction of sp³-hybridized carbons (Fsp3) is 0.300. The van der Waals surface area contributed by atoms with Crippen molar-refractivity contribution in [1.82, 2.24) is 24.8 Å². The third-order valence-corrected chi connectivity index (χ3v) is 5.25. The maximum absolute atomic E-state index is 12.1. The zero-order valence-electron chi connectivity index (χ0n) is 14.9. The monoisotopic (exact) mass is 360 g/mol. The Balaban J connectivity index is 1.56. The van der Waals surface area contributed by atoms with Crippen molar-refractivity contribution in [2.45, 2.75) is 25.7 Å². The minimum Gasteiger partial charge on any atom is -0.355 e. The molecule has 7 heteroatoms. The molecule has 0 atom stereocenters. The number of H-pyrrole nitrogens is 1. The lowest BCUT2D eigenvalue weighted by Gasteiger charge is -2.27. The highest BCUT2D eigenvalue weighted by Gasteiger charge is 2.15. The number of nitrogens with zero attached hydrogens (tertiary/aromatic N) is 5. The van der Waals surface area contributed by atoms with Gasteiger partial charge in [0.15, 0.2) is 11.5 Å². The number of nitrogens with one attached hydrogen (secondary N) is 1. The molecule has 5 rings (SSSR count). The molecule has 136 valence electrons. The Morgan fingerprint density at radius 3 is 2.74 bits per heavy atom. The lowest BCUT2D eigenvalue weighted by atomic mass is 10.0. The predicted octanol–water partition coefficient (Wildman–Crippen LogP) is 2.55. The third-order valence-electron chi connectivity index (χ3n) is 5.25. The van der Waals surface area contributed by atoms with Crippen molar-refractivity contribution in [3.05, 3.63) is 64.3 Å². The summed E-state index contributed by atoms with van der Waals surface area (Å²) >= 11 is 0. The fourth-order valence-corrected chi connectivity index (χ4v) is 3.84. The molecule has 27 heavy (non-hydrogen) atoms. The normalized spacial score (nSPS) is 14.9. The largest absolute Gasteiger partial charge is 0.355 e. The Morgan fingerprint density at radius 1 is 0.963 bits per heavy atom. The average Bonchev–Trinajstić information content (AvgIpc) is 3.12. The molecule has 4 aromatic rings. The summed E-state index contributed by atoms with van der Waals surface area (Å²) in [5.74, 6) is 1.74. The second-order valence-electron chi connectivity index (χ2n) is 6.99. The summed E-state index contributed by atoms with van der Waals surface area (Å²) in [6, 6.07) is 11.7. The molecule has 7 nitrogen and oxygen atoms in total. The van der Waals surface area contributed by atoms with E-state index in [1.165, 1.54) is 19.3 Å². The number of hydrogen-bond donors (Lipinski definition) is 1. The number of fused-ring (bicyclic) bond motifs is 2. The summed E-state index contributed by atoms with van der Waals surface area (Å²) in [5.41, 5.74) is 1.70. The van der Waals surface area contributed by atoms with Crippen molar-refractivity contribution < 1.29 is 0 Å². The molecule has 1 aliphatic rings. The first-order valence-corrected chi connectivity index (χ1v) is 9.35. The van der Waals surface area contributed by atoms with Gasteiger partial charge < -0.3 is 9.88 Å².